The van der Waals surface area contributed by atoms with Gasteiger partial charge in [0, 0.05) is 0 Å². The van der Waals surface area contributed by atoms with E-state index in [9.17, 15) is 13.9 Å². The number of alkyl halides is 2. The first-order valence-corrected chi connectivity index (χ1v) is 6.68. The van der Waals surface area contributed by atoms with E-state index in [2.05, 4.69) is 12.2 Å². The molecule has 0 heterocycles. The predicted octanol–water partition coefficient (Wildman–Crippen LogP) is 3.59. The molecule has 20 heavy (non-hydrogen) atoms. The van der Waals surface area contributed by atoms with Crippen LogP contribution >= 0.6 is 12.2 Å². The lowest BCUT2D eigenvalue weighted by Crippen LogP contribution is -2.50. The highest BCUT2D eigenvalue weighted by Crippen LogP contribution is 2.42. The molecule has 0 spiro atoms. The van der Waals surface area contributed by atoms with Crippen molar-refractivity contribution in [2.45, 2.75) is 37.7 Å². The number of aliphatic hydroxyl groups excluding tert-OH is 1. The average molecular weight is 304 g/mol. The van der Waals surface area contributed by atoms with Crippen molar-refractivity contribution in [3.63, 3.8) is 0 Å². The van der Waals surface area contributed by atoms with Gasteiger partial charge in [-0.05, 0) is 36.3 Å². The minimum absolute atomic E-state index is 0.00634. The van der Waals surface area contributed by atoms with Gasteiger partial charge in [0.05, 0.1) is 7.11 Å². The van der Waals surface area contributed by atoms with Gasteiger partial charge in [0.15, 0.2) is 5.60 Å². The Balaban J connectivity index is 3.25. The summed E-state index contributed by atoms with van der Waals surface area (Å²) in [5.74, 6) is -3.41. The molecule has 0 saturated carbocycles. The molecule has 6 heteroatoms. The molecule has 1 atom stereocenters. The van der Waals surface area contributed by atoms with Gasteiger partial charge in [0.2, 0.25) is 5.05 Å². The Morgan fingerprint density at radius 1 is 1.30 bits per heavy atom. The number of unbranched alkanes of at least 4 members (excludes halogenated alkanes) is 1. The summed E-state index contributed by atoms with van der Waals surface area (Å²) < 4.78 is 33.2. The van der Waals surface area contributed by atoms with E-state index in [4.69, 9.17) is 9.84 Å². The lowest BCUT2D eigenvalue weighted by atomic mass is 9.83. The van der Waals surface area contributed by atoms with Crippen molar-refractivity contribution in [1.29, 1.82) is 0 Å². The maximum absolute atomic E-state index is 14.1. The zero-order valence-corrected chi connectivity index (χ0v) is 12.2. The van der Waals surface area contributed by atoms with Crippen molar-refractivity contribution in [3.8, 4) is 5.75 Å². The van der Waals surface area contributed by atoms with Gasteiger partial charge in [-0.3, -0.25) is 0 Å². The molecular weight excluding hydrogens is 286 g/mol. The lowest BCUT2D eigenvalue weighted by molar-refractivity contribution is -0.153. The van der Waals surface area contributed by atoms with Crippen molar-refractivity contribution in [2.24, 2.45) is 0 Å². The standard InChI is InChI=1S/C14H18F2O3S/c1-3-4-9-13(18,14(15,16)12(17)20)10-5-7-11(19-2)8-6-10/h5-8,18H,3-4,9H2,1-2H3,(H,17,20). The number of hydrogen-bond donors (Lipinski definition) is 2. The van der Waals surface area contributed by atoms with E-state index in [1.165, 1.54) is 31.4 Å². The highest BCUT2D eigenvalue weighted by atomic mass is 32.1. The fraction of sp³-hybridized carbons (Fsp3) is 0.500. The van der Waals surface area contributed by atoms with Gasteiger partial charge in [0.1, 0.15) is 5.75 Å². The minimum atomic E-state index is -3.90. The normalized spacial score (nSPS) is 14.7. The first-order valence-electron chi connectivity index (χ1n) is 6.27. The van der Waals surface area contributed by atoms with Crippen LogP contribution in [0.3, 0.4) is 0 Å². The van der Waals surface area contributed by atoms with Gasteiger partial charge in [-0.2, -0.15) is 8.78 Å². The smallest absolute Gasteiger partial charge is 0.346 e. The Hall–Kier alpha value is -1.27. The molecule has 0 bridgehead atoms. The molecule has 1 rings (SSSR count). The summed E-state index contributed by atoms with van der Waals surface area (Å²) in [6, 6.07) is 5.65. The SMILES string of the molecule is CCCCC(O)(c1ccc(OC)cc1)C(F)(F)C(O)=S. The Bertz CT molecular complexity index is 462. The molecule has 112 valence electrons. The molecule has 0 radical (unpaired) electrons. The first-order chi connectivity index (χ1) is 9.29. The molecule has 1 unspecified atom stereocenters. The number of ether oxygens (including phenoxy) is 1. The molecule has 0 fully saturated rings. The molecule has 1 aromatic carbocycles. The number of aliphatic hydroxyl groups is 2. The summed E-state index contributed by atoms with van der Waals surface area (Å²) in [5.41, 5.74) is -2.53. The van der Waals surface area contributed by atoms with E-state index >= 15 is 0 Å². The highest BCUT2D eigenvalue weighted by Gasteiger charge is 2.56. The number of halogens is 2. The number of benzene rings is 1. The van der Waals surface area contributed by atoms with Gasteiger partial charge in [-0.15, -0.1) is 0 Å². The molecule has 0 aliphatic rings. The third-order valence-electron chi connectivity index (χ3n) is 3.25. The van der Waals surface area contributed by atoms with E-state index in [1.807, 2.05) is 6.92 Å². The Morgan fingerprint density at radius 3 is 2.25 bits per heavy atom. The summed E-state index contributed by atoms with van der Waals surface area (Å²) in [5, 5.41) is 18.0. The Morgan fingerprint density at radius 2 is 1.85 bits per heavy atom. The van der Waals surface area contributed by atoms with E-state index in [1.54, 1.807) is 0 Å². The van der Waals surface area contributed by atoms with Crippen LogP contribution in [0.5, 0.6) is 5.75 Å². The average Bonchev–Trinajstić information content (AvgIpc) is 2.44. The number of methoxy groups -OCH3 is 1. The van der Waals surface area contributed by atoms with Crippen LogP contribution in [0, 0.1) is 0 Å². The topological polar surface area (TPSA) is 49.7 Å². The second kappa shape index (κ2) is 6.45. The summed E-state index contributed by atoms with van der Waals surface area (Å²) in [6.45, 7) is 1.82. The monoisotopic (exact) mass is 304 g/mol. The van der Waals surface area contributed by atoms with Crippen LogP contribution in [0.2, 0.25) is 0 Å². The van der Waals surface area contributed by atoms with Crippen molar-refractivity contribution in [1.82, 2.24) is 0 Å². The lowest BCUT2D eigenvalue weighted by Gasteiger charge is -2.35. The van der Waals surface area contributed by atoms with Crippen LogP contribution in [0.25, 0.3) is 0 Å². The fourth-order valence-electron chi connectivity index (χ4n) is 1.96. The Labute approximate surface area is 122 Å². The second-order valence-corrected chi connectivity index (χ2v) is 4.96. The van der Waals surface area contributed by atoms with Gasteiger partial charge in [-0.1, -0.05) is 31.9 Å². The van der Waals surface area contributed by atoms with Crippen molar-refractivity contribution >= 4 is 17.3 Å². The van der Waals surface area contributed by atoms with Crippen LogP contribution in [0.15, 0.2) is 24.3 Å². The molecule has 2 N–H and O–H groups in total. The van der Waals surface area contributed by atoms with Crippen LogP contribution in [-0.2, 0) is 5.60 Å². The van der Waals surface area contributed by atoms with Crippen LogP contribution in [-0.4, -0.2) is 28.3 Å². The van der Waals surface area contributed by atoms with E-state index in [0.717, 1.165) is 0 Å². The summed E-state index contributed by atoms with van der Waals surface area (Å²) in [6.07, 6.45) is 0.803. The third kappa shape index (κ3) is 3.07. The predicted molar refractivity (Wildman–Crippen MR) is 76.6 cm³/mol. The summed E-state index contributed by atoms with van der Waals surface area (Å²) in [4.78, 5) is 0. The van der Waals surface area contributed by atoms with Crippen LogP contribution in [0.1, 0.15) is 31.7 Å². The van der Waals surface area contributed by atoms with E-state index < -0.39 is 16.6 Å². The molecule has 0 aromatic heterocycles. The summed E-state index contributed by atoms with van der Waals surface area (Å²) >= 11 is 4.20. The molecule has 0 amide bonds. The molecule has 0 saturated heterocycles. The number of thiocarbonyl (C=S) groups is 1. The van der Waals surface area contributed by atoms with Gasteiger partial charge < -0.3 is 14.9 Å². The van der Waals surface area contributed by atoms with Gasteiger partial charge >= 0.3 is 5.92 Å². The van der Waals surface area contributed by atoms with Gasteiger partial charge in [-0.25, -0.2) is 0 Å². The van der Waals surface area contributed by atoms with E-state index in [-0.39, 0.29) is 12.0 Å². The summed E-state index contributed by atoms with van der Waals surface area (Å²) in [7, 11) is 1.45. The molecule has 0 aliphatic heterocycles. The maximum atomic E-state index is 14.1. The van der Waals surface area contributed by atoms with E-state index in [0.29, 0.717) is 18.6 Å². The van der Waals surface area contributed by atoms with Crippen molar-refractivity contribution < 1.29 is 23.7 Å². The highest BCUT2D eigenvalue weighted by molar-refractivity contribution is 7.80. The molecule has 1 aromatic rings. The Kier molecular flexibility index (Phi) is 5.42. The first kappa shape index (κ1) is 16.8. The molecule has 3 nitrogen and oxygen atoms in total. The van der Waals surface area contributed by atoms with Crippen LogP contribution in [0.4, 0.5) is 8.78 Å². The largest absolute Gasteiger partial charge is 0.498 e. The van der Waals surface area contributed by atoms with Crippen molar-refractivity contribution in [2.75, 3.05) is 7.11 Å². The van der Waals surface area contributed by atoms with Gasteiger partial charge in [0.25, 0.3) is 0 Å². The fourth-order valence-corrected chi connectivity index (χ4v) is 2.13. The maximum Gasteiger partial charge on any atom is 0.346 e. The van der Waals surface area contributed by atoms with Crippen molar-refractivity contribution in [3.05, 3.63) is 29.8 Å². The molecule has 0 aliphatic carbocycles. The number of hydrogen-bond acceptors (Lipinski definition) is 3. The van der Waals surface area contributed by atoms with Crippen LogP contribution < -0.4 is 4.74 Å². The minimum Gasteiger partial charge on any atom is -0.498 e. The number of rotatable bonds is 7. The zero-order chi connectivity index (χ0) is 15.4. The quantitative estimate of drug-likeness (QED) is 0.756. The molecular formula is C14H18F2O3S. The third-order valence-corrected chi connectivity index (χ3v) is 3.50. The zero-order valence-electron chi connectivity index (χ0n) is 11.4. The second-order valence-electron chi connectivity index (χ2n) is 4.57.